The van der Waals surface area contributed by atoms with E-state index in [0.29, 0.717) is 11.9 Å². The van der Waals surface area contributed by atoms with E-state index < -0.39 is 0 Å². The van der Waals surface area contributed by atoms with Crippen molar-refractivity contribution in [3.8, 4) is 6.01 Å². The average molecular weight is 180 g/mol. The van der Waals surface area contributed by atoms with Gasteiger partial charge >= 0.3 is 6.01 Å². The third-order valence-corrected chi connectivity index (χ3v) is 2.07. The Morgan fingerprint density at radius 1 is 1.08 bits per heavy atom. The summed E-state index contributed by atoms with van der Waals surface area (Å²) in [5.74, 6) is 0.464. The summed E-state index contributed by atoms with van der Waals surface area (Å²) in [6.45, 7) is 8.27. The number of hydrogen-bond acceptors (Lipinski definition) is 3. The maximum Gasteiger partial charge on any atom is 0.316 e. The molecule has 1 aromatic heterocycles. The zero-order chi connectivity index (χ0) is 10.0. The van der Waals surface area contributed by atoms with Gasteiger partial charge in [-0.1, -0.05) is 13.8 Å². The number of ether oxygens (including phenoxy) is 1. The molecule has 0 saturated heterocycles. The molecule has 1 rings (SSSR count). The molecule has 0 saturated carbocycles. The van der Waals surface area contributed by atoms with E-state index in [1.807, 2.05) is 13.8 Å². The molecule has 0 bridgehead atoms. The minimum Gasteiger partial charge on any atom is -0.467 e. The van der Waals surface area contributed by atoms with E-state index in [1.54, 1.807) is 7.11 Å². The fourth-order valence-electron chi connectivity index (χ4n) is 1.62. The summed E-state index contributed by atoms with van der Waals surface area (Å²) in [5, 5.41) is 0. The minimum atomic E-state index is 0.458. The van der Waals surface area contributed by atoms with Crippen LogP contribution in [0.5, 0.6) is 6.01 Å². The third-order valence-electron chi connectivity index (χ3n) is 2.07. The second-order valence-electron chi connectivity index (χ2n) is 3.45. The number of aromatic nitrogens is 2. The molecule has 13 heavy (non-hydrogen) atoms. The largest absolute Gasteiger partial charge is 0.467 e. The number of rotatable bonds is 2. The van der Waals surface area contributed by atoms with Gasteiger partial charge in [-0.3, -0.25) is 0 Å². The Hall–Kier alpha value is -1.12. The molecule has 3 nitrogen and oxygen atoms in total. The molecule has 0 N–H and O–H groups in total. The lowest BCUT2D eigenvalue weighted by Crippen LogP contribution is -2.04. The summed E-state index contributed by atoms with van der Waals surface area (Å²) in [6, 6.07) is 0.458. The van der Waals surface area contributed by atoms with Crippen molar-refractivity contribution in [2.75, 3.05) is 7.11 Å². The first kappa shape index (κ1) is 9.96. The fraction of sp³-hybridized carbons (Fsp3) is 0.600. The second kappa shape index (κ2) is 3.73. The Bertz CT molecular complexity index is 285. The highest BCUT2D eigenvalue weighted by Crippen LogP contribution is 2.21. The molecule has 1 aromatic rings. The van der Waals surface area contributed by atoms with Crippen molar-refractivity contribution in [1.29, 1.82) is 0 Å². The second-order valence-corrected chi connectivity index (χ2v) is 3.45. The van der Waals surface area contributed by atoms with Gasteiger partial charge in [-0.15, -0.1) is 0 Å². The third kappa shape index (κ3) is 1.97. The van der Waals surface area contributed by atoms with Crippen molar-refractivity contribution < 1.29 is 4.74 Å². The van der Waals surface area contributed by atoms with Gasteiger partial charge in [-0.05, 0) is 25.3 Å². The van der Waals surface area contributed by atoms with E-state index in [-0.39, 0.29) is 0 Å². The van der Waals surface area contributed by atoms with E-state index in [4.69, 9.17) is 4.74 Å². The summed E-state index contributed by atoms with van der Waals surface area (Å²) in [7, 11) is 1.59. The molecular weight excluding hydrogens is 164 g/mol. The molecule has 0 atom stereocenters. The van der Waals surface area contributed by atoms with Gasteiger partial charge in [0, 0.05) is 11.4 Å². The van der Waals surface area contributed by atoms with Crippen LogP contribution < -0.4 is 4.74 Å². The SMILES string of the molecule is COc1nc(C)c(C(C)C)c(C)n1. The maximum atomic E-state index is 4.99. The summed E-state index contributed by atoms with van der Waals surface area (Å²) in [6.07, 6.45) is 0. The zero-order valence-corrected chi connectivity index (χ0v) is 8.88. The van der Waals surface area contributed by atoms with Crippen molar-refractivity contribution in [3.05, 3.63) is 17.0 Å². The quantitative estimate of drug-likeness (QED) is 0.700. The van der Waals surface area contributed by atoms with Crippen LogP contribution in [-0.2, 0) is 0 Å². The molecule has 1 heterocycles. The van der Waals surface area contributed by atoms with Crippen LogP contribution in [0.4, 0.5) is 0 Å². The zero-order valence-electron chi connectivity index (χ0n) is 8.88. The summed E-state index contributed by atoms with van der Waals surface area (Å²) < 4.78 is 4.99. The van der Waals surface area contributed by atoms with Gasteiger partial charge in [0.15, 0.2) is 0 Å². The van der Waals surface area contributed by atoms with Gasteiger partial charge in [0.25, 0.3) is 0 Å². The lowest BCUT2D eigenvalue weighted by molar-refractivity contribution is 0.376. The smallest absolute Gasteiger partial charge is 0.316 e. The standard InChI is InChI=1S/C10H16N2O/c1-6(2)9-7(3)11-10(13-5)12-8(9)4/h6H,1-5H3. The van der Waals surface area contributed by atoms with E-state index >= 15 is 0 Å². The number of nitrogens with zero attached hydrogens (tertiary/aromatic N) is 2. The van der Waals surface area contributed by atoms with Gasteiger partial charge < -0.3 is 4.74 Å². The van der Waals surface area contributed by atoms with E-state index in [0.717, 1.165) is 11.4 Å². The fourth-order valence-corrected chi connectivity index (χ4v) is 1.62. The first-order valence-electron chi connectivity index (χ1n) is 4.45. The van der Waals surface area contributed by atoms with Crippen LogP contribution in [0.15, 0.2) is 0 Å². The molecule has 0 fully saturated rings. The van der Waals surface area contributed by atoms with Crippen LogP contribution in [0.25, 0.3) is 0 Å². The molecule has 0 aliphatic carbocycles. The van der Waals surface area contributed by atoms with Crippen LogP contribution in [0.1, 0.15) is 36.7 Å². The van der Waals surface area contributed by atoms with Gasteiger partial charge in [0.2, 0.25) is 0 Å². The minimum absolute atomic E-state index is 0.458. The number of aryl methyl sites for hydroxylation is 2. The lowest BCUT2D eigenvalue weighted by atomic mass is 10.0. The monoisotopic (exact) mass is 180 g/mol. The van der Waals surface area contributed by atoms with Crippen LogP contribution in [0, 0.1) is 13.8 Å². The lowest BCUT2D eigenvalue weighted by Gasteiger charge is -2.12. The molecule has 0 radical (unpaired) electrons. The molecule has 0 unspecified atom stereocenters. The maximum absolute atomic E-state index is 4.99. The highest BCUT2D eigenvalue weighted by molar-refractivity contribution is 5.28. The van der Waals surface area contributed by atoms with Crippen molar-refractivity contribution in [2.45, 2.75) is 33.6 Å². The normalized spacial score (nSPS) is 10.6. The van der Waals surface area contributed by atoms with Crippen LogP contribution in [0.2, 0.25) is 0 Å². The molecule has 0 spiro atoms. The number of methoxy groups -OCH3 is 1. The first-order valence-corrected chi connectivity index (χ1v) is 4.45. The Labute approximate surface area is 79.2 Å². The predicted octanol–water partition coefficient (Wildman–Crippen LogP) is 2.23. The number of hydrogen-bond donors (Lipinski definition) is 0. The van der Waals surface area contributed by atoms with Crippen molar-refractivity contribution >= 4 is 0 Å². The molecule has 0 aliphatic rings. The molecule has 72 valence electrons. The molecule has 0 aromatic carbocycles. The Balaban J connectivity index is 3.23. The van der Waals surface area contributed by atoms with E-state index in [2.05, 4.69) is 23.8 Å². The molecular formula is C10H16N2O. The van der Waals surface area contributed by atoms with Gasteiger partial charge in [-0.2, -0.15) is 0 Å². The Kier molecular flexibility index (Phi) is 2.86. The van der Waals surface area contributed by atoms with Gasteiger partial charge in [0.1, 0.15) is 0 Å². The van der Waals surface area contributed by atoms with E-state index in [9.17, 15) is 0 Å². The van der Waals surface area contributed by atoms with Crippen molar-refractivity contribution in [3.63, 3.8) is 0 Å². The highest BCUT2D eigenvalue weighted by Gasteiger charge is 2.11. The Morgan fingerprint density at radius 3 is 1.85 bits per heavy atom. The summed E-state index contributed by atoms with van der Waals surface area (Å²) >= 11 is 0. The van der Waals surface area contributed by atoms with Crippen LogP contribution in [0.3, 0.4) is 0 Å². The van der Waals surface area contributed by atoms with Gasteiger partial charge in [-0.25, -0.2) is 9.97 Å². The van der Waals surface area contributed by atoms with E-state index in [1.165, 1.54) is 5.56 Å². The molecule has 3 heteroatoms. The van der Waals surface area contributed by atoms with Gasteiger partial charge in [0.05, 0.1) is 7.11 Å². The highest BCUT2D eigenvalue weighted by atomic mass is 16.5. The predicted molar refractivity (Wildman–Crippen MR) is 52.1 cm³/mol. The topological polar surface area (TPSA) is 35.0 Å². The molecule has 0 aliphatic heterocycles. The van der Waals surface area contributed by atoms with Crippen molar-refractivity contribution in [2.24, 2.45) is 0 Å². The summed E-state index contributed by atoms with van der Waals surface area (Å²) in [4.78, 5) is 8.48. The molecule has 0 amide bonds. The summed E-state index contributed by atoms with van der Waals surface area (Å²) in [5.41, 5.74) is 3.25. The van der Waals surface area contributed by atoms with Crippen LogP contribution in [-0.4, -0.2) is 17.1 Å². The first-order chi connectivity index (χ1) is 6.06. The average Bonchev–Trinajstić information content (AvgIpc) is 2.02. The van der Waals surface area contributed by atoms with Crippen LogP contribution >= 0.6 is 0 Å². The van der Waals surface area contributed by atoms with Crippen molar-refractivity contribution in [1.82, 2.24) is 9.97 Å². The Morgan fingerprint density at radius 2 is 1.54 bits per heavy atom.